The van der Waals surface area contributed by atoms with Crippen LogP contribution in [0, 0.1) is 11.3 Å². The third kappa shape index (κ3) is 3.03. The number of hydrogen-bond donors (Lipinski definition) is 1. The van der Waals surface area contributed by atoms with Crippen LogP contribution >= 0.6 is 11.3 Å². The van der Waals surface area contributed by atoms with Gasteiger partial charge in [0.1, 0.15) is 11.7 Å². The van der Waals surface area contributed by atoms with E-state index < -0.39 is 12.0 Å². The zero-order valence-electron chi connectivity index (χ0n) is 13.9. The number of likely N-dealkylation sites (tertiary alicyclic amines) is 2. The molecule has 0 unspecified atom stereocenters. The smallest absolute Gasteiger partial charge is 0.326 e. The van der Waals surface area contributed by atoms with Gasteiger partial charge in [0.25, 0.3) is 5.91 Å². The molecule has 1 N–H and O–H groups in total. The van der Waals surface area contributed by atoms with Crippen molar-refractivity contribution in [2.24, 2.45) is 11.3 Å². The predicted octanol–water partition coefficient (Wildman–Crippen LogP) is 1.46. The molecule has 1 aromatic rings. The first-order valence-electron chi connectivity index (χ1n) is 8.70. The van der Waals surface area contributed by atoms with Crippen LogP contribution in [0.3, 0.4) is 0 Å². The van der Waals surface area contributed by atoms with Gasteiger partial charge in [-0.05, 0) is 37.5 Å². The fourth-order valence-electron chi connectivity index (χ4n) is 4.11. The molecule has 1 aliphatic carbocycles. The van der Waals surface area contributed by atoms with Crippen molar-refractivity contribution in [3.05, 3.63) is 16.6 Å². The van der Waals surface area contributed by atoms with E-state index in [1.807, 2.05) is 4.90 Å². The van der Waals surface area contributed by atoms with E-state index in [4.69, 9.17) is 0 Å². The van der Waals surface area contributed by atoms with Crippen molar-refractivity contribution in [2.45, 2.75) is 38.1 Å². The van der Waals surface area contributed by atoms with Crippen molar-refractivity contribution in [3.63, 3.8) is 0 Å². The highest BCUT2D eigenvalue weighted by molar-refractivity contribution is 7.07. The molecular formula is C17H21N3O4S. The van der Waals surface area contributed by atoms with Gasteiger partial charge in [0.05, 0.1) is 5.51 Å². The number of thiazole rings is 1. The van der Waals surface area contributed by atoms with Crippen molar-refractivity contribution < 1.29 is 19.5 Å². The van der Waals surface area contributed by atoms with Gasteiger partial charge in [-0.3, -0.25) is 9.59 Å². The lowest BCUT2D eigenvalue weighted by atomic mass is 9.76. The van der Waals surface area contributed by atoms with E-state index in [1.165, 1.54) is 16.2 Å². The summed E-state index contributed by atoms with van der Waals surface area (Å²) < 4.78 is 0. The molecule has 0 bridgehead atoms. The van der Waals surface area contributed by atoms with E-state index in [9.17, 15) is 19.5 Å². The highest BCUT2D eigenvalue weighted by atomic mass is 32.1. The summed E-state index contributed by atoms with van der Waals surface area (Å²) in [7, 11) is 0. The first-order valence-corrected chi connectivity index (χ1v) is 9.64. The minimum absolute atomic E-state index is 0.199. The molecule has 25 heavy (non-hydrogen) atoms. The second-order valence-corrected chi connectivity index (χ2v) is 8.18. The molecule has 3 aliphatic rings. The fraction of sp³-hybridized carbons (Fsp3) is 0.647. The Morgan fingerprint density at radius 2 is 1.96 bits per heavy atom. The highest BCUT2D eigenvalue weighted by Crippen LogP contribution is 2.44. The summed E-state index contributed by atoms with van der Waals surface area (Å²) in [6.45, 7) is 1.77. The summed E-state index contributed by atoms with van der Waals surface area (Å²) >= 11 is 1.33. The molecule has 1 atom stereocenters. The van der Waals surface area contributed by atoms with E-state index in [2.05, 4.69) is 4.98 Å². The predicted molar refractivity (Wildman–Crippen MR) is 90.2 cm³/mol. The van der Waals surface area contributed by atoms with Crippen molar-refractivity contribution in [1.29, 1.82) is 0 Å². The molecule has 1 aromatic heterocycles. The number of carbonyl (C=O) groups excluding carboxylic acids is 2. The average molecular weight is 363 g/mol. The third-order valence-corrected chi connectivity index (χ3v) is 6.35. The van der Waals surface area contributed by atoms with E-state index in [0.29, 0.717) is 31.7 Å². The Bertz CT molecular complexity index is 693. The first kappa shape index (κ1) is 16.5. The maximum Gasteiger partial charge on any atom is 0.326 e. The van der Waals surface area contributed by atoms with Crippen LogP contribution in [0.25, 0.3) is 0 Å². The summed E-state index contributed by atoms with van der Waals surface area (Å²) in [6.07, 6.45) is 3.98. The molecular weight excluding hydrogens is 342 g/mol. The van der Waals surface area contributed by atoms with Gasteiger partial charge in [0, 0.05) is 30.9 Å². The zero-order chi connectivity index (χ0) is 17.6. The van der Waals surface area contributed by atoms with Gasteiger partial charge in [-0.1, -0.05) is 0 Å². The van der Waals surface area contributed by atoms with Crippen LogP contribution in [-0.2, 0) is 9.59 Å². The number of rotatable bonds is 3. The van der Waals surface area contributed by atoms with Gasteiger partial charge < -0.3 is 14.9 Å². The maximum absolute atomic E-state index is 12.7. The summed E-state index contributed by atoms with van der Waals surface area (Å²) in [4.78, 5) is 44.0. The Balaban J connectivity index is 1.47. The Kier molecular flexibility index (Phi) is 4.02. The summed E-state index contributed by atoms with van der Waals surface area (Å²) in [6, 6.07) is -0.806. The quantitative estimate of drug-likeness (QED) is 0.878. The van der Waals surface area contributed by atoms with Gasteiger partial charge in [0.2, 0.25) is 5.91 Å². The first-order chi connectivity index (χ1) is 12.0. The Labute approximate surface area is 149 Å². The largest absolute Gasteiger partial charge is 0.480 e. The second-order valence-electron chi connectivity index (χ2n) is 7.46. The van der Waals surface area contributed by atoms with Crippen LogP contribution in [0.1, 0.15) is 42.6 Å². The lowest BCUT2D eigenvalue weighted by Gasteiger charge is -2.39. The molecule has 2 amide bonds. The summed E-state index contributed by atoms with van der Waals surface area (Å²) in [5.41, 5.74) is 1.70. The van der Waals surface area contributed by atoms with Gasteiger partial charge in [-0.25, -0.2) is 9.78 Å². The van der Waals surface area contributed by atoms with Gasteiger partial charge in [-0.2, -0.15) is 0 Å². The maximum atomic E-state index is 12.7. The van der Waals surface area contributed by atoms with Crippen LogP contribution in [-0.4, -0.2) is 63.4 Å². The molecule has 3 heterocycles. The van der Waals surface area contributed by atoms with Gasteiger partial charge in [-0.15, -0.1) is 11.3 Å². The molecule has 3 fully saturated rings. The van der Waals surface area contributed by atoms with Crippen LogP contribution in [0.4, 0.5) is 0 Å². The average Bonchev–Trinajstić information content (AvgIpc) is 3.17. The number of hydrogen-bond acceptors (Lipinski definition) is 5. The van der Waals surface area contributed by atoms with Crippen LogP contribution in [0.15, 0.2) is 10.9 Å². The molecule has 2 aliphatic heterocycles. The molecule has 1 spiro atoms. The van der Waals surface area contributed by atoms with Crippen LogP contribution < -0.4 is 0 Å². The van der Waals surface area contributed by atoms with Crippen LogP contribution in [0.2, 0.25) is 0 Å². The van der Waals surface area contributed by atoms with E-state index in [0.717, 1.165) is 25.7 Å². The lowest BCUT2D eigenvalue weighted by molar-refractivity contribution is -0.141. The Morgan fingerprint density at radius 3 is 2.52 bits per heavy atom. The van der Waals surface area contributed by atoms with E-state index in [-0.39, 0.29) is 23.1 Å². The van der Waals surface area contributed by atoms with E-state index >= 15 is 0 Å². The molecule has 0 radical (unpaired) electrons. The molecule has 7 nitrogen and oxygen atoms in total. The topological polar surface area (TPSA) is 90.8 Å². The number of nitrogens with zero attached hydrogens (tertiary/aromatic N) is 3. The normalized spacial score (nSPS) is 25.4. The Hall–Kier alpha value is -1.96. The number of carboxylic acid groups (broad SMARTS) is 1. The van der Waals surface area contributed by atoms with Crippen LogP contribution in [0.5, 0.6) is 0 Å². The standard InChI is InChI=1S/C17H21N3O4S/c21-14(11-1-2-11)19-5-3-17(4-6-19)7-13(16(23)24)20(9-17)15(22)12-8-25-10-18-12/h8,10-11,13H,1-7,9H2,(H,23,24)/t13-/m1/s1. The minimum atomic E-state index is -0.961. The number of amides is 2. The molecule has 1 saturated carbocycles. The summed E-state index contributed by atoms with van der Waals surface area (Å²) in [5, 5.41) is 11.2. The molecule has 0 aromatic carbocycles. The Morgan fingerprint density at radius 1 is 1.24 bits per heavy atom. The van der Waals surface area contributed by atoms with Gasteiger partial charge in [0.15, 0.2) is 0 Å². The van der Waals surface area contributed by atoms with Crippen molar-refractivity contribution in [3.8, 4) is 0 Å². The highest BCUT2D eigenvalue weighted by Gasteiger charge is 2.51. The SMILES string of the molecule is O=C(O)[C@H]1CC2(CCN(C(=O)C3CC3)CC2)CN1C(=O)c1cscn1. The molecule has 8 heteroatoms. The van der Waals surface area contributed by atoms with E-state index in [1.54, 1.807) is 10.9 Å². The van der Waals surface area contributed by atoms with Crippen molar-refractivity contribution in [2.75, 3.05) is 19.6 Å². The van der Waals surface area contributed by atoms with Gasteiger partial charge >= 0.3 is 5.97 Å². The minimum Gasteiger partial charge on any atom is -0.480 e. The number of aromatic nitrogens is 1. The molecule has 2 saturated heterocycles. The number of aliphatic carboxylic acids is 1. The van der Waals surface area contributed by atoms with Crippen molar-refractivity contribution >= 4 is 29.1 Å². The second kappa shape index (κ2) is 6.09. The lowest BCUT2D eigenvalue weighted by Crippen LogP contribution is -2.45. The fourth-order valence-corrected chi connectivity index (χ4v) is 4.63. The molecule has 134 valence electrons. The number of carboxylic acids is 1. The zero-order valence-corrected chi connectivity index (χ0v) is 14.7. The summed E-state index contributed by atoms with van der Waals surface area (Å²) in [5.74, 6) is -0.802. The van der Waals surface area contributed by atoms with Crippen molar-refractivity contribution in [1.82, 2.24) is 14.8 Å². The third-order valence-electron chi connectivity index (χ3n) is 5.77. The number of carbonyl (C=O) groups is 3. The monoisotopic (exact) mass is 363 g/mol. The number of piperidine rings is 1. The molecule has 4 rings (SSSR count).